The van der Waals surface area contributed by atoms with E-state index in [0.717, 1.165) is 6.54 Å². The van der Waals surface area contributed by atoms with Crippen LogP contribution in [0.25, 0.3) is 0 Å². The van der Waals surface area contributed by atoms with Gasteiger partial charge in [0.2, 0.25) is 5.95 Å². The summed E-state index contributed by atoms with van der Waals surface area (Å²) in [6.07, 6.45) is 5.10. The summed E-state index contributed by atoms with van der Waals surface area (Å²) < 4.78 is 2.56. The smallest absolute Gasteiger partial charge is 0.220 e. The van der Waals surface area contributed by atoms with Gasteiger partial charge in [-0.1, -0.05) is 13.3 Å². The molecule has 0 bridgehead atoms. The topological polar surface area (TPSA) is 59.6 Å². The summed E-state index contributed by atoms with van der Waals surface area (Å²) in [4.78, 5) is 0. The summed E-state index contributed by atoms with van der Waals surface area (Å²) in [6.45, 7) is 3.16. The molecule has 2 rings (SSSR count). The number of aromatic amines is 1. The van der Waals surface area contributed by atoms with Gasteiger partial charge in [-0.05, 0) is 36.9 Å². The number of nitrogens with two attached hydrogens (primary N) is 1. The Morgan fingerprint density at radius 3 is 2.71 bits per heavy atom. The van der Waals surface area contributed by atoms with Gasteiger partial charge in [-0.15, -0.1) is 5.10 Å². The molecule has 0 radical (unpaired) electrons. The summed E-state index contributed by atoms with van der Waals surface area (Å²) >= 11 is 5.13. The summed E-state index contributed by atoms with van der Waals surface area (Å²) in [5.74, 6) is 0.509. The Labute approximate surface area is 88.5 Å². The second kappa shape index (κ2) is 3.38. The molecule has 78 valence electrons. The van der Waals surface area contributed by atoms with Crippen molar-refractivity contribution in [3.8, 4) is 0 Å². The summed E-state index contributed by atoms with van der Waals surface area (Å²) in [5, 5.41) is 6.64. The summed E-state index contributed by atoms with van der Waals surface area (Å²) in [6, 6.07) is 0. The van der Waals surface area contributed by atoms with Gasteiger partial charge in [0.25, 0.3) is 0 Å². The molecular weight excluding hydrogens is 196 g/mol. The normalized spacial score (nSPS) is 19.2. The molecule has 0 unspecified atom stereocenters. The zero-order chi connectivity index (χ0) is 10.2. The van der Waals surface area contributed by atoms with Crippen LogP contribution >= 0.6 is 12.2 Å². The third-order valence-electron chi connectivity index (χ3n) is 3.45. The first-order chi connectivity index (χ1) is 6.67. The molecule has 1 aliphatic carbocycles. The molecule has 1 aromatic heterocycles. The molecule has 3 N–H and O–H groups in total. The van der Waals surface area contributed by atoms with Crippen LogP contribution in [-0.2, 0) is 6.54 Å². The molecule has 0 atom stereocenters. The van der Waals surface area contributed by atoms with E-state index in [1.54, 1.807) is 0 Å². The number of nitrogen functional groups attached to an aromatic ring is 1. The van der Waals surface area contributed by atoms with Gasteiger partial charge in [0, 0.05) is 6.54 Å². The van der Waals surface area contributed by atoms with E-state index in [9.17, 15) is 0 Å². The lowest BCUT2D eigenvalue weighted by molar-refractivity contribution is 0.101. The highest BCUT2D eigenvalue weighted by Crippen LogP contribution is 2.45. The maximum Gasteiger partial charge on any atom is 0.220 e. The van der Waals surface area contributed by atoms with Crippen molar-refractivity contribution >= 4 is 18.2 Å². The van der Waals surface area contributed by atoms with E-state index >= 15 is 0 Å². The quantitative estimate of drug-likeness (QED) is 0.754. The van der Waals surface area contributed by atoms with Gasteiger partial charge in [-0.25, -0.2) is 5.10 Å². The monoisotopic (exact) mass is 212 g/mol. The standard InChI is InChI=1S/C9H16N4S/c1-2-9(4-3-5-9)6-13-7(10)11-12-8(13)14/h2-6H2,1H3,(H2,10,11)(H,12,14). The van der Waals surface area contributed by atoms with E-state index in [1.165, 1.54) is 25.7 Å². The molecular formula is C9H16N4S. The van der Waals surface area contributed by atoms with Crippen molar-refractivity contribution in [2.45, 2.75) is 39.2 Å². The largest absolute Gasteiger partial charge is 0.368 e. The SMILES string of the molecule is CCC1(Cn2c(N)n[nH]c2=S)CCC1. The van der Waals surface area contributed by atoms with Crippen molar-refractivity contribution in [2.75, 3.05) is 5.73 Å². The van der Waals surface area contributed by atoms with Crippen LogP contribution in [0.15, 0.2) is 0 Å². The maximum atomic E-state index is 5.74. The van der Waals surface area contributed by atoms with Crippen molar-refractivity contribution in [1.82, 2.24) is 14.8 Å². The molecule has 5 heteroatoms. The highest BCUT2D eigenvalue weighted by molar-refractivity contribution is 7.71. The lowest BCUT2D eigenvalue weighted by atomic mass is 9.67. The highest BCUT2D eigenvalue weighted by Gasteiger charge is 2.35. The fourth-order valence-electron chi connectivity index (χ4n) is 2.12. The van der Waals surface area contributed by atoms with Gasteiger partial charge in [0.1, 0.15) is 0 Å². The van der Waals surface area contributed by atoms with Gasteiger partial charge in [-0.2, -0.15) is 0 Å². The lowest BCUT2D eigenvalue weighted by Gasteiger charge is -2.41. The van der Waals surface area contributed by atoms with Gasteiger partial charge in [0.05, 0.1) is 0 Å². The number of H-pyrrole nitrogens is 1. The van der Waals surface area contributed by atoms with Crippen LogP contribution in [0.2, 0.25) is 0 Å². The number of nitrogens with one attached hydrogen (secondary N) is 1. The Kier molecular flexibility index (Phi) is 2.34. The number of aromatic nitrogens is 3. The van der Waals surface area contributed by atoms with Crippen LogP contribution in [0, 0.1) is 10.2 Å². The highest BCUT2D eigenvalue weighted by atomic mass is 32.1. The Morgan fingerprint density at radius 2 is 2.36 bits per heavy atom. The van der Waals surface area contributed by atoms with E-state index in [-0.39, 0.29) is 0 Å². The minimum Gasteiger partial charge on any atom is -0.368 e. The van der Waals surface area contributed by atoms with Crippen molar-refractivity contribution < 1.29 is 0 Å². The molecule has 1 heterocycles. The van der Waals surface area contributed by atoms with E-state index in [0.29, 0.717) is 16.1 Å². The predicted molar refractivity (Wildman–Crippen MR) is 58.4 cm³/mol. The van der Waals surface area contributed by atoms with Gasteiger partial charge < -0.3 is 5.73 Å². The third-order valence-corrected chi connectivity index (χ3v) is 3.76. The van der Waals surface area contributed by atoms with Crippen molar-refractivity contribution in [3.63, 3.8) is 0 Å². The van der Waals surface area contributed by atoms with Crippen LogP contribution in [0.1, 0.15) is 32.6 Å². The maximum absolute atomic E-state index is 5.74. The molecule has 0 spiro atoms. The molecule has 0 aromatic carbocycles. The molecule has 1 aromatic rings. The molecule has 14 heavy (non-hydrogen) atoms. The molecule has 1 aliphatic rings. The molecule has 4 nitrogen and oxygen atoms in total. The Hall–Kier alpha value is -0.840. The van der Waals surface area contributed by atoms with Gasteiger partial charge in [-0.3, -0.25) is 4.57 Å². The zero-order valence-electron chi connectivity index (χ0n) is 8.42. The molecule has 0 saturated heterocycles. The average Bonchev–Trinajstić information content (AvgIpc) is 2.41. The van der Waals surface area contributed by atoms with Crippen LogP contribution < -0.4 is 5.73 Å². The number of rotatable bonds is 3. The van der Waals surface area contributed by atoms with Gasteiger partial charge in [0.15, 0.2) is 4.77 Å². The first-order valence-electron chi connectivity index (χ1n) is 5.07. The number of anilines is 1. The fourth-order valence-corrected chi connectivity index (χ4v) is 2.32. The number of hydrogen-bond donors (Lipinski definition) is 2. The second-order valence-electron chi connectivity index (χ2n) is 4.18. The van der Waals surface area contributed by atoms with Crippen LogP contribution in [0.3, 0.4) is 0 Å². The van der Waals surface area contributed by atoms with E-state index in [4.69, 9.17) is 18.0 Å². The fraction of sp³-hybridized carbons (Fsp3) is 0.778. The minimum absolute atomic E-state index is 0.427. The van der Waals surface area contributed by atoms with E-state index < -0.39 is 0 Å². The molecule has 0 aliphatic heterocycles. The van der Waals surface area contributed by atoms with Crippen LogP contribution in [0.5, 0.6) is 0 Å². The van der Waals surface area contributed by atoms with Crippen LogP contribution in [0.4, 0.5) is 5.95 Å². The predicted octanol–water partition coefficient (Wildman–Crippen LogP) is 2.10. The number of nitrogens with zero attached hydrogens (tertiary/aromatic N) is 2. The first kappa shape index (κ1) is 9.71. The Bertz CT molecular complexity index is 369. The summed E-state index contributed by atoms with van der Waals surface area (Å²) in [5.41, 5.74) is 6.16. The third kappa shape index (κ3) is 1.45. The number of hydrogen-bond acceptors (Lipinski definition) is 3. The van der Waals surface area contributed by atoms with Crippen molar-refractivity contribution in [1.29, 1.82) is 0 Å². The van der Waals surface area contributed by atoms with Crippen LogP contribution in [-0.4, -0.2) is 14.8 Å². The van der Waals surface area contributed by atoms with Crippen molar-refractivity contribution in [2.24, 2.45) is 5.41 Å². The zero-order valence-corrected chi connectivity index (χ0v) is 9.23. The van der Waals surface area contributed by atoms with Crippen molar-refractivity contribution in [3.05, 3.63) is 4.77 Å². The van der Waals surface area contributed by atoms with E-state index in [2.05, 4.69) is 17.1 Å². The molecule has 1 fully saturated rings. The van der Waals surface area contributed by atoms with E-state index in [1.807, 2.05) is 4.57 Å². The Morgan fingerprint density at radius 1 is 1.64 bits per heavy atom. The molecule has 0 amide bonds. The average molecular weight is 212 g/mol. The lowest BCUT2D eigenvalue weighted by Crippen LogP contribution is -2.33. The second-order valence-corrected chi connectivity index (χ2v) is 4.57. The van der Waals surface area contributed by atoms with Gasteiger partial charge >= 0.3 is 0 Å². The minimum atomic E-state index is 0.427. The first-order valence-corrected chi connectivity index (χ1v) is 5.48. The molecule has 1 saturated carbocycles. The summed E-state index contributed by atoms with van der Waals surface area (Å²) in [7, 11) is 0. The Balaban J connectivity index is 2.21.